The van der Waals surface area contributed by atoms with Gasteiger partial charge in [-0.25, -0.2) is 14.8 Å². The van der Waals surface area contributed by atoms with Gasteiger partial charge in [-0.15, -0.1) is 0 Å². The summed E-state index contributed by atoms with van der Waals surface area (Å²) in [5, 5.41) is 1.67. The maximum atomic E-state index is 13.5. The number of imidazole rings is 1. The predicted octanol–water partition coefficient (Wildman–Crippen LogP) is 10.2. The number of rotatable bonds is 7. The smallest absolute Gasteiger partial charge is 0.338 e. The Morgan fingerprint density at radius 3 is 2.28 bits per heavy atom. The highest BCUT2D eigenvalue weighted by molar-refractivity contribution is 6.30. The molecule has 1 aliphatic carbocycles. The van der Waals surface area contributed by atoms with Crippen LogP contribution in [0, 0.1) is 0 Å². The topological polar surface area (TPSA) is 77.3 Å². The summed E-state index contributed by atoms with van der Waals surface area (Å²) in [6.07, 6.45) is 7.93. The van der Waals surface area contributed by atoms with E-state index >= 15 is 0 Å². The van der Waals surface area contributed by atoms with Crippen LogP contribution in [0.5, 0.6) is 0 Å². The van der Waals surface area contributed by atoms with Crippen molar-refractivity contribution in [2.24, 2.45) is 0 Å². The number of hydrogen-bond donors (Lipinski definition) is 0. The number of amides is 1. The zero-order valence-electron chi connectivity index (χ0n) is 28.2. The van der Waals surface area contributed by atoms with Crippen molar-refractivity contribution in [2.75, 3.05) is 19.7 Å². The van der Waals surface area contributed by atoms with E-state index in [4.69, 9.17) is 26.3 Å². The van der Waals surface area contributed by atoms with Crippen molar-refractivity contribution in [3.05, 3.63) is 107 Å². The van der Waals surface area contributed by atoms with E-state index in [1.807, 2.05) is 78.6 Å². The van der Waals surface area contributed by atoms with E-state index in [9.17, 15) is 9.59 Å². The Bertz CT molecular complexity index is 2230. The van der Waals surface area contributed by atoms with Crippen LogP contribution < -0.4 is 0 Å². The summed E-state index contributed by atoms with van der Waals surface area (Å²) in [5.41, 5.74) is 8.58. The van der Waals surface area contributed by atoms with Crippen molar-refractivity contribution in [3.8, 4) is 33.8 Å². The molecule has 50 heavy (non-hydrogen) atoms. The molecule has 0 spiro atoms. The molecule has 0 unspecified atom stereocenters. The molecule has 1 amide bonds. The highest BCUT2D eigenvalue weighted by Crippen LogP contribution is 2.38. The number of benzene rings is 4. The van der Waals surface area contributed by atoms with Crippen LogP contribution in [0.15, 0.2) is 91.0 Å². The molecule has 4 aromatic carbocycles. The summed E-state index contributed by atoms with van der Waals surface area (Å²) in [6, 6.07) is 30.3. The number of esters is 1. The maximum absolute atomic E-state index is 13.5. The second kappa shape index (κ2) is 13.7. The van der Waals surface area contributed by atoms with Crippen molar-refractivity contribution >= 4 is 45.4 Å². The minimum atomic E-state index is -0.332. The van der Waals surface area contributed by atoms with Gasteiger partial charge in [0.05, 0.1) is 34.4 Å². The molecule has 2 aliphatic rings. The fourth-order valence-corrected chi connectivity index (χ4v) is 7.77. The van der Waals surface area contributed by atoms with Crippen molar-refractivity contribution < 1.29 is 14.3 Å². The lowest BCUT2D eigenvalue weighted by molar-refractivity contribution is 0.0526. The van der Waals surface area contributed by atoms with Gasteiger partial charge in [0.1, 0.15) is 5.82 Å². The first-order chi connectivity index (χ1) is 24.5. The van der Waals surface area contributed by atoms with E-state index in [-0.39, 0.29) is 11.9 Å². The molecule has 0 radical (unpaired) electrons. The number of fused-ring (bicyclic) bond motifs is 2. The van der Waals surface area contributed by atoms with Gasteiger partial charge in [-0.1, -0.05) is 55.1 Å². The number of hydrogen-bond acceptors (Lipinski definition) is 5. The van der Waals surface area contributed by atoms with E-state index in [1.165, 1.54) is 19.3 Å². The molecular formula is C42H39ClN4O3. The second-order valence-corrected chi connectivity index (χ2v) is 13.8. The first-order valence-electron chi connectivity index (χ1n) is 17.8. The molecule has 6 aromatic rings. The first-order valence-corrected chi connectivity index (χ1v) is 18.1. The maximum Gasteiger partial charge on any atom is 0.338 e. The van der Waals surface area contributed by atoms with Gasteiger partial charge in [0.2, 0.25) is 0 Å². The Morgan fingerprint density at radius 1 is 0.740 bits per heavy atom. The van der Waals surface area contributed by atoms with Gasteiger partial charge in [0.15, 0.2) is 0 Å². The Balaban J connectivity index is 1.21. The van der Waals surface area contributed by atoms with E-state index in [2.05, 4.69) is 28.8 Å². The lowest BCUT2D eigenvalue weighted by Gasteiger charge is -2.25. The Kier molecular flexibility index (Phi) is 8.84. The van der Waals surface area contributed by atoms with Crippen LogP contribution in [0.1, 0.15) is 78.6 Å². The quantitative estimate of drug-likeness (QED) is 0.157. The number of carbonyl (C=O) groups is 2. The monoisotopic (exact) mass is 682 g/mol. The van der Waals surface area contributed by atoms with Crippen LogP contribution >= 0.6 is 11.6 Å². The van der Waals surface area contributed by atoms with Crippen LogP contribution in [0.3, 0.4) is 0 Å². The van der Waals surface area contributed by atoms with Crippen LogP contribution in [-0.4, -0.2) is 51.0 Å². The fourth-order valence-electron chi connectivity index (χ4n) is 7.64. The van der Waals surface area contributed by atoms with Gasteiger partial charge < -0.3 is 14.2 Å². The summed E-state index contributed by atoms with van der Waals surface area (Å²) in [5.74, 6) is 0.630. The standard InChI is InChI=1S/C42H39ClN4O3/c1-2-50-42(49)31-15-21-39-38(26-31)45-40(47(39)33-8-4-3-5-9-33)29-14-19-36-28(24-29)13-20-37(44-36)35-25-30(41(48)46-22-6-7-23-46)12-18-34(35)27-10-16-32(43)17-11-27/h10-21,24-26,33H,2-9,22-23H2,1H3. The minimum Gasteiger partial charge on any atom is -0.462 e. The molecule has 0 N–H and O–H groups in total. The van der Waals surface area contributed by atoms with Gasteiger partial charge in [0.25, 0.3) is 5.91 Å². The number of aromatic nitrogens is 3. The van der Waals surface area contributed by atoms with Crippen LogP contribution in [0.25, 0.3) is 55.7 Å². The Morgan fingerprint density at radius 2 is 1.50 bits per heavy atom. The first kappa shape index (κ1) is 32.2. The van der Waals surface area contributed by atoms with Crippen LogP contribution in [0.4, 0.5) is 0 Å². The number of carbonyl (C=O) groups excluding carboxylic acids is 2. The molecule has 1 aliphatic heterocycles. The van der Waals surface area contributed by atoms with Crippen molar-refractivity contribution in [1.29, 1.82) is 0 Å². The zero-order valence-corrected chi connectivity index (χ0v) is 29.0. The molecule has 1 saturated carbocycles. The van der Waals surface area contributed by atoms with Gasteiger partial charge in [-0.2, -0.15) is 0 Å². The van der Waals surface area contributed by atoms with Crippen molar-refractivity contribution in [1.82, 2.24) is 19.4 Å². The number of ether oxygens (including phenoxy) is 1. The molecule has 8 heteroatoms. The fraction of sp³-hybridized carbons (Fsp3) is 0.286. The van der Waals surface area contributed by atoms with Crippen LogP contribution in [-0.2, 0) is 4.74 Å². The summed E-state index contributed by atoms with van der Waals surface area (Å²) >= 11 is 6.24. The van der Waals surface area contributed by atoms with Crippen molar-refractivity contribution in [3.63, 3.8) is 0 Å². The van der Waals surface area contributed by atoms with Gasteiger partial charge in [-0.3, -0.25) is 4.79 Å². The Hall–Kier alpha value is -5.01. The van der Waals surface area contributed by atoms with E-state index in [0.29, 0.717) is 28.8 Å². The minimum absolute atomic E-state index is 0.0621. The largest absolute Gasteiger partial charge is 0.462 e. The third-order valence-corrected chi connectivity index (χ3v) is 10.4. The average molecular weight is 683 g/mol. The Labute approximate surface area is 296 Å². The molecule has 1 saturated heterocycles. The molecule has 0 atom stereocenters. The van der Waals surface area contributed by atoms with Gasteiger partial charge >= 0.3 is 5.97 Å². The number of nitrogens with zero attached hydrogens (tertiary/aromatic N) is 4. The normalized spacial score (nSPS) is 15.2. The lowest BCUT2D eigenvalue weighted by atomic mass is 9.94. The van der Waals surface area contributed by atoms with Crippen molar-refractivity contribution in [2.45, 2.75) is 57.9 Å². The third-order valence-electron chi connectivity index (χ3n) is 10.2. The molecule has 2 fully saturated rings. The summed E-state index contributed by atoms with van der Waals surface area (Å²) < 4.78 is 7.66. The number of pyridine rings is 1. The number of halogens is 1. The average Bonchev–Trinajstić information content (AvgIpc) is 3.84. The molecule has 2 aromatic heterocycles. The predicted molar refractivity (Wildman–Crippen MR) is 200 cm³/mol. The summed E-state index contributed by atoms with van der Waals surface area (Å²) in [6.45, 7) is 3.74. The number of likely N-dealkylation sites (tertiary alicyclic amines) is 1. The van der Waals surface area contributed by atoms with Gasteiger partial charge in [-0.05, 0) is 110 Å². The second-order valence-electron chi connectivity index (χ2n) is 13.4. The molecule has 3 heterocycles. The lowest BCUT2D eigenvalue weighted by Crippen LogP contribution is -2.27. The third kappa shape index (κ3) is 6.15. The summed E-state index contributed by atoms with van der Waals surface area (Å²) in [4.78, 5) is 38.2. The van der Waals surface area contributed by atoms with E-state index in [0.717, 1.165) is 94.5 Å². The summed E-state index contributed by atoms with van der Waals surface area (Å²) in [7, 11) is 0. The van der Waals surface area contributed by atoms with Gasteiger partial charge in [0, 0.05) is 46.2 Å². The molecule has 7 nitrogen and oxygen atoms in total. The van der Waals surface area contributed by atoms with E-state index < -0.39 is 0 Å². The van der Waals surface area contributed by atoms with E-state index in [1.54, 1.807) is 0 Å². The highest BCUT2D eigenvalue weighted by atomic mass is 35.5. The SMILES string of the molecule is CCOC(=O)c1ccc2c(c1)nc(-c1ccc3nc(-c4cc(C(=O)N5CCCC5)ccc4-c4ccc(Cl)cc4)ccc3c1)n2C1CCCCC1. The molecular weight excluding hydrogens is 644 g/mol. The molecule has 252 valence electrons. The molecule has 0 bridgehead atoms. The zero-order chi connectivity index (χ0) is 34.2. The molecule has 8 rings (SSSR count). The highest BCUT2D eigenvalue weighted by Gasteiger charge is 2.24. The van der Waals surface area contributed by atoms with Crippen LogP contribution in [0.2, 0.25) is 5.02 Å².